The number of alkyl halides is 1. The number of nitrogens with one attached hydrogen (secondary N) is 1. The lowest BCUT2D eigenvalue weighted by Crippen LogP contribution is -2.30. The van der Waals surface area contributed by atoms with Gasteiger partial charge in [0.05, 0.1) is 18.4 Å². The van der Waals surface area contributed by atoms with Crippen molar-refractivity contribution in [3.05, 3.63) is 30.3 Å². The van der Waals surface area contributed by atoms with Crippen molar-refractivity contribution in [2.75, 3.05) is 13.2 Å². The van der Waals surface area contributed by atoms with Crippen LogP contribution in [0.4, 0.5) is 0 Å². The third-order valence-electron chi connectivity index (χ3n) is 2.46. The molecule has 0 heterocycles. The van der Waals surface area contributed by atoms with Crippen LogP contribution in [-0.4, -0.2) is 24.4 Å². The molecule has 3 nitrogen and oxygen atoms in total. The molecular weight excluding hydrogens is 250 g/mol. The van der Waals surface area contributed by atoms with Gasteiger partial charge in [0, 0.05) is 6.54 Å². The van der Waals surface area contributed by atoms with Crippen molar-refractivity contribution in [3.63, 3.8) is 0 Å². The van der Waals surface area contributed by atoms with Crippen LogP contribution in [0.5, 0.6) is 5.75 Å². The second-order valence-corrected chi connectivity index (χ2v) is 4.72. The molecule has 0 aliphatic carbocycles. The number of hydrogen-bond donors (Lipinski definition) is 1. The highest BCUT2D eigenvalue weighted by Crippen LogP contribution is 2.08. The van der Waals surface area contributed by atoms with E-state index in [4.69, 9.17) is 16.3 Å². The molecule has 1 aromatic rings. The zero-order chi connectivity index (χ0) is 13.2. The molecule has 1 aromatic carbocycles. The molecule has 1 rings (SSSR count). The van der Waals surface area contributed by atoms with E-state index in [9.17, 15) is 4.79 Å². The highest BCUT2D eigenvalue weighted by Gasteiger charge is 2.06. The molecule has 4 heteroatoms. The first-order valence-electron chi connectivity index (χ1n) is 6.31. The van der Waals surface area contributed by atoms with Crippen LogP contribution in [0.15, 0.2) is 30.3 Å². The fourth-order valence-electron chi connectivity index (χ4n) is 1.51. The van der Waals surface area contributed by atoms with Crippen LogP contribution in [0.2, 0.25) is 0 Å². The average Bonchev–Trinajstić information content (AvgIpc) is 2.38. The molecule has 18 heavy (non-hydrogen) atoms. The Labute approximate surface area is 113 Å². The van der Waals surface area contributed by atoms with E-state index in [0.717, 1.165) is 18.6 Å². The molecular formula is C14H20ClNO2. The van der Waals surface area contributed by atoms with E-state index in [-0.39, 0.29) is 11.3 Å². The summed E-state index contributed by atoms with van der Waals surface area (Å²) < 4.78 is 5.44. The van der Waals surface area contributed by atoms with Crippen molar-refractivity contribution in [3.8, 4) is 5.75 Å². The summed E-state index contributed by atoms with van der Waals surface area (Å²) in [6.45, 7) is 2.99. The van der Waals surface area contributed by atoms with Crippen molar-refractivity contribution >= 4 is 17.5 Å². The molecule has 0 spiro atoms. The fraction of sp³-hybridized carbons (Fsp3) is 0.500. The van der Waals surface area contributed by atoms with Crippen molar-refractivity contribution in [1.29, 1.82) is 0 Å². The number of ether oxygens (including phenoxy) is 1. The number of hydrogen-bond acceptors (Lipinski definition) is 2. The number of amides is 1. The van der Waals surface area contributed by atoms with Crippen LogP contribution in [0.25, 0.3) is 0 Å². The van der Waals surface area contributed by atoms with Gasteiger partial charge in [-0.05, 0) is 18.6 Å². The molecule has 1 N–H and O–H groups in total. The molecule has 0 aliphatic heterocycles. The Bertz CT molecular complexity index is 343. The topological polar surface area (TPSA) is 38.3 Å². The summed E-state index contributed by atoms with van der Waals surface area (Å²) in [5.74, 6) is 0.763. The lowest BCUT2D eigenvalue weighted by atomic mass is 10.2. The predicted molar refractivity (Wildman–Crippen MR) is 74.1 cm³/mol. The minimum atomic E-state index is -0.0207. The van der Waals surface area contributed by atoms with Gasteiger partial charge in [-0.3, -0.25) is 4.79 Å². The molecule has 0 saturated heterocycles. The maximum absolute atomic E-state index is 11.5. The fourth-order valence-corrected chi connectivity index (χ4v) is 1.80. The van der Waals surface area contributed by atoms with E-state index in [0.29, 0.717) is 19.6 Å². The van der Waals surface area contributed by atoms with Gasteiger partial charge in [-0.15, -0.1) is 11.6 Å². The maximum Gasteiger partial charge on any atom is 0.223 e. The van der Waals surface area contributed by atoms with Gasteiger partial charge in [0.2, 0.25) is 5.91 Å². The summed E-state index contributed by atoms with van der Waals surface area (Å²) in [4.78, 5) is 11.5. The van der Waals surface area contributed by atoms with E-state index in [1.807, 2.05) is 30.3 Å². The van der Waals surface area contributed by atoms with E-state index >= 15 is 0 Å². The molecule has 0 aliphatic rings. The summed E-state index contributed by atoms with van der Waals surface area (Å²) in [5, 5.41) is 2.82. The second-order valence-electron chi connectivity index (χ2n) is 4.10. The first-order valence-corrected chi connectivity index (χ1v) is 6.74. The Balaban J connectivity index is 2.10. The summed E-state index contributed by atoms with van der Waals surface area (Å²) in [7, 11) is 0. The highest BCUT2D eigenvalue weighted by atomic mass is 35.5. The molecule has 100 valence electrons. The quantitative estimate of drug-likeness (QED) is 0.737. The first-order chi connectivity index (χ1) is 8.72. The van der Waals surface area contributed by atoms with E-state index in [1.165, 1.54) is 0 Å². The van der Waals surface area contributed by atoms with Crippen LogP contribution >= 0.6 is 11.6 Å². The number of halogens is 1. The van der Waals surface area contributed by atoms with Gasteiger partial charge in [0.1, 0.15) is 5.75 Å². The second kappa shape index (κ2) is 8.81. The summed E-state index contributed by atoms with van der Waals surface area (Å²) in [5.41, 5.74) is 0. The number of para-hydroxylation sites is 1. The third kappa shape index (κ3) is 6.50. The highest BCUT2D eigenvalue weighted by molar-refractivity contribution is 6.20. The van der Waals surface area contributed by atoms with Crippen LogP contribution in [0, 0.1) is 0 Å². The van der Waals surface area contributed by atoms with Crippen molar-refractivity contribution in [1.82, 2.24) is 5.32 Å². The minimum absolute atomic E-state index is 0.0207. The van der Waals surface area contributed by atoms with Gasteiger partial charge < -0.3 is 10.1 Å². The van der Waals surface area contributed by atoms with E-state index in [1.54, 1.807) is 0 Å². The Hall–Kier alpha value is -1.22. The Morgan fingerprint density at radius 3 is 2.78 bits per heavy atom. The van der Waals surface area contributed by atoms with E-state index in [2.05, 4.69) is 12.2 Å². The molecule has 1 amide bonds. The molecule has 0 saturated carbocycles. The Morgan fingerprint density at radius 1 is 1.39 bits per heavy atom. The molecule has 0 bridgehead atoms. The van der Waals surface area contributed by atoms with Gasteiger partial charge in [0.25, 0.3) is 0 Å². The standard InChI is InChI=1S/C14H20ClNO2/c1-2-6-12(15)11-16-14(17)9-10-18-13-7-4-3-5-8-13/h3-5,7-8,12H,2,6,9-11H2,1H3,(H,16,17). The Kier molecular flexibility index (Phi) is 7.26. The SMILES string of the molecule is CCCC(Cl)CNC(=O)CCOc1ccccc1. The largest absolute Gasteiger partial charge is 0.493 e. The van der Waals surface area contributed by atoms with Gasteiger partial charge in [0.15, 0.2) is 0 Å². The van der Waals surface area contributed by atoms with Gasteiger partial charge in [-0.2, -0.15) is 0 Å². The van der Waals surface area contributed by atoms with Gasteiger partial charge in [-0.25, -0.2) is 0 Å². The summed E-state index contributed by atoms with van der Waals surface area (Å²) in [6.07, 6.45) is 2.30. The van der Waals surface area contributed by atoms with E-state index < -0.39 is 0 Å². The lowest BCUT2D eigenvalue weighted by Gasteiger charge is -2.10. The first kappa shape index (κ1) is 14.8. The zero-order valence-corrected chi connectivity index (χ0v) is 11.5. The molecule has 1 atom stereocenters. The molecule has 0 fully saturated rings. The molecule has 1 unspecified atom stereocenters. The van der Waals surface area contributed by atoms with Crippen molar-refractivity contribution in [2.24, 2.45) is 0 Å². The maximum atomic E-state index is 11.5. The Morgan fingerprint density at radius 2 is 2.11 bits per heavy atom. The number of benzene rings is 1. The summed E-state index contributed by atoms with van der Waals surface area (Å²) >= 11 is 6.01. The number of carbonyl (C=O) groups excluding carboxylic acids is 1. The van der Waals surface area contributed by atoms with Crippen LogP contribution < -0.4 is 10.1 Å². The van der Waals surface area contributed by atoms with Crippen LogP contribution in [-0.2, 0) is 4.79 Å². The molecule has 0 aromatic heterocycles. The van der Waals surface area contributed by atoms with Gasteiger partial charge >= 0.3 is 0 Å². The third-order valence-corrected chi connectivity index (χ3v) is 2.84. The zero-order valence-electron chi connectivity index (χ0n) is 10.7. The predicted octanol–water partition coefficient (Wildman–Crippen LogP) is 2.98. The van der Waals surface area contributed by atoms with Crippen LogP contribution in [0.1, 0.15) is 26.2 Å². The van der Waals surface area contributed by atoms with Crippen LogP contribution in [0.3, 0.4) is 0 Å². The van der Waals surface area contributed by atoms with Crippen molar-refractivity contribution < 1.29 is 9.53 Å². The summed E-state index contributed by atoms with van der Waals surface area (Å²) in [6, 6.07) is 9.46. The normalized spacial score (nSPS) is 11.9. The smallest absolute Gasteiger partial charge is 0.223 e. The van der Waals surface area contributed by atoms with Gasteiger partial charge in [-0.1, -0.05) is 31.5 Å². The average molecular weight is 270 g/mol. The number of carbonyl (C=O) groups is 1. The molecule has 0 radical (unpaired) electrons. The minimum Gasteiger partial charge on any atom is -0.493 e. The number of rotatable bonds is 8. The van der Waals surface area contributed by atoms with Crippen molar-refractivity contribution in [2.45, 2.75) is 31.6 Å². The monoisotopic (exact) mass is 269 g/mol. The lowest BCUT2D eigenvalue weighted by molar-refractivity contribution is -0.121.